The van der Waals surface area contributed by atoms with Gasteiger partial charge in [-0.05, 0) is 31.4 Å². The average molecular weight is 299 g/mol. The SMILES string of the molecule is CCN(C(=O)Cc1cccc(C(F)(F)F)c1)C1CCCC1. The third-order valence-corrected chi connectivity index (χ3v) is 4.04. The van der Waals surface area contributed by atoms with Crippen LogP contribution in [0.1, 0.15) is 43.7 Å². The maximum absolute atomic E-state index is 12.7. The molecule has 116 valence electrons. The summed E-state index contributed by atoms with van der Waals surface area (Å²) in [5.41, 5.74) is -0.275. The molecular weight excluding hydrogens is 279 g/mol. The largest absolute Gasteiger partial charge is 0.416 e. The average Bonchev–Trinajstić information content (AvgIpc) is 2.93. The minimum atomic E-state index is -4.37. The zero-order valence-electron chi connectivity index (χ0n) is 12.1. The van der Waals surface area contributed by atoms with E-state index in [2.05, 4.69) is 0 Å². The standard InChI is InChI=1S/C16H20F3NO/c1-2-20(14-8-3-4-9-14)15(21)11-12-6-5-7-13(10-12)16(17,18)19/h5-7,10,14H,2-4,8-9,11H2,1H3. The molecule has 5 heteroatoms. The molecule has 21 heavy (non-hydrogen) atoms. The minimum absolute atomic E-state index is 0.0360. The molecular formula is C16H20F3NO. The van der Waals surface area contributed by atoms with Crippen LogP contribution in [0.5, 0.6) is 0 Å². The Hall–Kier alpha value is -1.52. The fourth-order valence-corrected chi connectivity index (χ4v) is 2.99. The second-order valence-electron chi connectivity index (χ2n) is 5.49. The van der Waals surface area contributed by atoms with E-state index < -0.39 is 11.7 Å². The predicted octanol–water partition coefficient (Wildman–Crippen LogP) is 4.04. The smallest absolute Gasteiger partial charge is 0.340 e. The van der Waals surface area contributed by atoms with Crippen LogP contribution < -0.4 is 0 Å². The lowest BCUT2D eigenvalue weighted by atomic mass is 10.1. The highest BCUT2D eigenvalue weighted by Gasteiger charge is 2.31. The molecule has 0 radical (unpaired) electrons. The van der Waals surface area contributed by atoms with Crippen LogP contribution in [-0.2, 0) is 17.4 Å². The summed E-state index contributed by atoms with van der Waals surface area (Å²) < 4.78 is 38.0. The van der Waals surface area contributed by atoms with Crippen LogP contribution in [0.15, 0.2) is 24.3 Å². The third-order valence-electron chi connectivity index (χ3n) is 4.04. The number of halogens is 3. The van der Waals surface area contributed by atoms with Gasteiger partial charge in [0.15, 0.2) is 0 Å². The molecule has 0 bridgehead atoms. The normalized spacial score (nSPS) is 16.2. The van der Waals surface area contributed by atoms with Crippen molar-refractivity contribution in [2.45, 2.75) is 51.2 Å². The van der Waals surface area contributed by atoms with Gasteiger partial charge in [-0.2, -0.15) is 13.2 Å². The van der Waals surface area contributed by atoms with Gasteiger partial charge in [0.1, 0.15) is 0 Å². The van der Waals surface area contributed by atoms with Gasteiger partial charge < -0.3 is 4.90 Å². The van der Waals surface area contributed by atoms with Gasteiger partial charge in [0.05, 0.1) is 12.0 Å². The van der Waals surface area contributed by atoms with Gasteiger partial charge in [-0.25, -0.2) is 0 Å². The van der Waals surface area contributed by atoms with Crippen LogP contribution in [-0.4, -0.2) is 23.4 Å². The first-order chi connectivity index (χ1) is 9.91. The number of benzene rings is 1. The van der Waals surface area contributed by atoms with Crippen molar-refractivity contribution < 1.29 is 18.0 Å². The number of hydrogen-bond acceptors (Lipinski definition) is 1. The summed E-state index contributed by atoms with van der Waals surface area (Å²) in [5.74, 6) is -0.0799. The molecule has 0 aromatic heterocycles. The van der Waals surface area contributed by atoms with Gasteiger partial charge in [-0.1, -0.05) is 31.0 Å². The number of hydrogen-bond donors (Lipinski definition) is 0. The van der Waals surface area contributed by atoms with Crippen LogP contribution >= 0.6 is 0 Å². The van der Waals surface area contributed by atoms with Crippen molar-refractivity contribution >= 4 is 5.91 Å². The van der Waals surface area contributed by atoms with Crippen LogP contribution in [0.3, 0.4) is 0 Å². The number of rotatable bonds is 4. The molecule has 1 amide bonds. The Balaban J connectivity index is 2.08. The maximum atomic E-state index is 12.7. The van der Waals surface area contributed by atoms with Crippen LogP contribution in [0.2, 0.25) is 0 Å². The van der Waals surface area contributed by atoms with Crippen molar-refractivity contribution in [1.29, 1.82) is 0 Å². The summed E-state index contributed by atoms with van der Waals surface area (Å²) in [6, 6.07) is 5.30. The fraction of sp³-hybridized carbons (Fsp3) is 0.562. The molecule has 1 saturated carbocycles. The zero-order valence-corrected chi connectivity index (χ0v) is 12.1. The summed E-state index contributed by atoms with van der Waals surface area (Å²) in [4.78, 5) is 14.1. The van der Waals surface area contributed by atoms with Gasteiger partial charge in [0.25, 0.3) is 0 Å². The van der Waals surface area contributed by atoms with E-state index in [9.17, 15) is 18.0 Å². The monoisotopic (exact) mass is 299 g/mol. The number of likely N-dealkylation sites (N-methyl/N-ethyl adjacent to an activating group) is 1. The lowest BCUT2D eigenvalue weighted by molar-refractivity contribution is -0.138. The lowest BCUT2D eigenvalue weighted by Gasteiger charge is -2.27. The third kappa shape index (κ3) is 3.99. The Morgan fingerprint density at radius 3 is 2.52 bits per heavy atom. The number of nitrogens with zero attached hydrogens (tertiary/aromatic N) is 1. The fourth-order valence-electron chi connectivity index (χ4n) is 2.99. The van der Waals surface area contributed by atoms with E-state index >= 15 is 0 Å². The number of carbonyl (C=O) groups excluding carboxylic acids is 1. The van der Waals surface area contributed by atoms with Crippen molar-refractivity contribution in [3.05, 3.63) is 35.4 Å². The minimum Gasteiger partial charge on any atom is -0.340 e. The summed E-state index contributed by atoms with van der Waals surface area (Å²) in [6.45, 7) is 2.53. The quantitative estimate of drug-likeness (QED) is 0.821. The van der Waals surface area contributed by atoms with Crippen molar-refractivity contribution in [3.8, 4) is 0 Å². The summed E-state index contributed by atoms with van der Waals surface area (Å²) in [5, 5.41) is 0. The van der Waals surface area contributed by atoms with Gasteiger partial charge in [-0.15, -0.1) is 0 Å². The molecule has 1 aliphatic rings. The summed E-state index contributed by atoms with van der Waals surface area (Å²) in [7, 11) is 0. The predicted molar refractivity (Wildman–Crippen MR) is 74.8 cm³/mol. The molecule has 2 nitrogen and oxygen atoms in total. The van der Waals surface area contributed by atoms with Gasteiger partial charge in [-0.3, -0.25) is 4.79 Å². The first kappa shape index (κ1) is 15.9. The Morgan fingerprint density at radius 1 is 1.29 bits per heavy atom. The molecule has 1 aliphatic carbocycles. The van der Waals surface area contributed by atoms with Gasteiger partial charge in [0, 0.05) is 12.6 Å². The highest BCUT2D eigenvalue weighted by molar-refractivity contribution is 5.79. The molecule has 2 rings (SSSR count). The van der Waals surface area contributed by atoms with Crippen molar-refractivity contribution in [2.75, 3.05) is 6.54 Å². The van der Waals surface area contributed by atoms with E-state index in [0.29, 0.717) is 12.1 Å². The first-order valence-electron chi connectivity index (χ1n) is 7.37. The molecule has 0 atom stereocenters. The summed E-state index contributed by atoms with van der Waals surface area (Å²) >= 11 is 0. The van der Waals surface area contributed by atoms with Gasteiger partial charge >= 0.3 is 6.18 Å². The van der Waals surface area contributed by atoms with Crippen LogP contribution in [0.4, 0.5) is 13.2 Å². The summed E-state index contributed by atoms with van der Waals surface area (Å²) in [6.07, 6.45) is -0.0798. The highest BCUT2D eigenvalue weighted by atomic mass is 19.4. The van der Waals surface area contributed by atoms with E-state index in [4.69, 9.17) is 0 Å². The Bertz CT molecular complexity index is 493. The van der Waals surface area contributed by atoms with E-state index in [1.807, 2.05) is 11.8 Å². The molecule has 0 N–H and O–H groups in total. The molecule has 0 spiro atoms. The molecule has 1 fully saturated rings. The van der Waals surface area contributed by atoms with Crippen molar-refractivity contribution in [2.24, 2.45) is 0 Å². The molecule has 1 aromatic carbocycles. The lowest BCUT2D eigenvalue weighted by Crippen LogP contribution is -2.39. The molecule has 0 unspecified atom stereocenters. The molecule has 0 aliphatic heterocycles. The van der Waals surface area contributed by atoms with E-state index in [-0.39, 0.29) is 18.4 Å². The second-order valence-corrected chi connectivity index (χ2v) is 5.49. The first-order valence-corrected chi connectivity index (χ1v) is 7.37. The van der Waals surface area contributed by atoms with Crippen LogP contribution in [0, 0.1) is 0 Å². The second kappa shape index (κ2) is 6.50. The number of amides is 1. The molecule has 1 aromatic rings. The number of alkyl halides is 3. The zero-order chi connectivity index (χ0) is 15.5. The van der Waals surface area contributed by atoms with Crippen LogP contribution in [0.25, 0.3) is 0 Å². The molecule has 0 heterocycles. The Morgan fingerprint density at radius 2 is 1.95 bits per heavy atom. The van der Waals surface area contributed by atoms with Gasteiger partial charge in [0.2, 0.25) is 5.91 Å². The maximum Gasteiger partial charge on any atom is 0.416 e. The molecule has 0 saturated heterocycles. The number of carbonyl (C=O) groups is 1. The van der Waals surface area contributed by atoms with Crippen molar-refractivity contribution in [1.82, 2.24) is 4.90 Å². The van der Waals surface area contributed by atoms with Crippen molar-refractivity contribution in [3.63, 3.8) is 0 Å². The van der Waals surface area contributed by atoms with E-state index in [1.165, 1.54) is 6.07 Å². The van der Waals surface area contributed by atoms with E-state index in [0.717, 1.165) is 37.8 Å². The Kier molecular flexibility index (Phi) is 4.91. The van der Waals surface area contributed by atoms with E-state index in [1.54, 1.807) is 6.07 Å². The highest BCUT2D eigenvalue weighted by Crippen LogP contribution is 2.30. The Labute approximate surface area is 122 Å². The topological polar surface area (TPSA) is 20.3 Å².